The minimum Gasteiger partial charge on any atom is -0.493 e. The number of nitrogens with one attached hydrogen (secondary N) is 1. The number of benzene rings is 2. The van der Waals surface area contributed by atoms with Gasteiger partial charge in [0.1, 0.15) is 17.1 Å². The summed E-state index contributed by atoms with van der Waals surface area (Å²) in [5.41, 5.74) is 2.45. The fraction of sp³-hybridized carbons (Fsp3) is 0.182. The topological polar surface area (TPSA) is 101 Å². The number of oxazole rings is 1. The van der Waals surface area contributed by atoms with E-state index in [0.29, 0.717) is 24.7 Å². The number of ether oxygens (including phenoxy) is 1. The Labute approximate surface area is 166 Å². The van der Waals surface area contributed by atoms with E-state index in [-0.39, 0.29) is 17.9 Å². The van der Waals surface area contributed by atoms with E-state index in [2.05, 4.69) is 14.7 Å². The van der Waals surface area contributed by atoms with E-state index in [1.807, 2.05) is 61.5 Å². The Kier molecular flexibility index (Phi) is 5.20. The van der Waals surface area contributed by atoms with Crippen LogP contribution in [0.3, 0.4) is 0 Å². The summed E-state index contributed by atoms with van der Waals surface area (Å²) in [5, 5.41) is 11.6. The number of aromatic amines is 1. The molecule has 7 nitrogen and oxygen atoms in total. The van der Waals surface area contributed by atoms with Crippen molar-refractivity contribution in [3.63, 3.8) is 0 Å². The van der Waals surface area contributed by atoms with Crippen molar-refractivity contribution in [1.82, 2.24) is 10.1 Å². The first-order valence-corrected chi connectivity index (χ1v) is 9.23. The summed E-state index contributed by atoms with van der Waals surface area (Å²) in [6, 6.07) is 17.1. The SMILES string of the molecule is Cc1oc(-c2ccccc2)nc1CCOc1ccc(Cc2c(O)o[nH]c2=O)cc1. The van der Waals surface area contributed by atoms with Crippen molar-refractivity contribution < 1.29 is 18.8 Å². The first-order valence-electron chi connectivity index (χ1n) is 9.23. The van der Waals surface area contributed by atoms with Crippen LogP contribution in [-0.2, 0) is 12.8 Å². The maximum Gasteiger partial charge on any atom is 0.313 e. The van der Waals surface area contributed by atoms with Gasteiger partial charge in [-0.15, -0.1) is 0 Å². The van der Waals surface area contributed by atoms with E-state index in [1.54, 1.807) is 0 Å². The second-order valence-electron chi connectivity index (χ2n) is 6.62. The van der Waals surface area contributed by atoms with E-state index in [9.17, 15) is 9.90 Å². The van der Waals surface area contributed by atoms with Gasteiger partial charge in [-0.25, -0.2) is 4.98 Å². The van der Waals surface area contributed by atoms with Crippen LogP contribution in [0.5, 0.6) is 11.7 Å². The molecule has 0 aliphatic rings. The average molecular weight is 392 g/mol. The lowest BCUT2D eigenvalue weighted by atomic mass is 10.1. The van der Waals surface area contributed by atoms with Gasteiger partial charge >= 0.3 is 5.95 Å². The molecule has 148 valence electrons. The second kappa shape index (κ2) is 8.10. The van der Waals surface area contributed by atoms with Gasteiger partial charge in [0.05, 0.1) is 12.3 Å². The van der Waals surface area contributed by atoms with E-state index in [0.717, 1.165) is 22.6 Å². The van der Waals surface area contributed by atoms with Crippen molar-refractivity contribution in [3.05, 3.63) is 87.5 Å². The lowest BCUT2D eigenvalue weighted by Crippen LogP contribution is -2.06. The predicted molar refractivity (Wildman–Crippen MR) is 106 cm³/mol. The quantitative estimate of drug-likeness (QED) is 0.495. The molecule has 0 amide bonds. The number of hydrogen-bond acceptors (Lipinski definition) is 6. The number of aryl methyl sites for hydroxylation is 1. The molecule has 4 rings (SSSR count). The molecule has 2 N–H and O–H groups in total. The Bertz CT molecular complexity index is 1140. The largest absolute Gasteiger partial charge is 0.493 e. The molecule has 0 radical (unpaired) electrons. The summed E-state index contributed by atoms with van der Waals surface area (Å²) < 4.78 is 16.2. The molecule has 0 aliphatic carbocycles. The van der Waals surface area contributed by atoms with Gasteiger partial charge in [0.25, 0.3) is 5.56 Å². The molecule has 0 atom stereocenters. The second-order valence-corrected chi connectivity index (χ2v) is 6.62. The molecule has 0 saturated carbocycles. The number of H-pyrrole nitrogens is 1. The minimum atomic E-state index is -0.430. The van der Waals surface area contributed by atoms with Gasteiger partial charge in [-0.05, 0) is 36.8 Å². The lowest BCUT2D eigenvalue weighted by molar-refractivity contribution is 0.274. The van der Waals surface area contributed by atoms with Crippen LogP contribution in [-0.4, -0.2) is 21.9 Å². The fourth-order valence-electron chi connectivity index (χ4n) is 3.01. The molecule has 0 unspecified atom stereocenters. The van der Waals surface area contributed by atoms with Crippen molar-refractivity contribution in [2.75, 3.05) is 6.61 Å². The molecule has 0 saturated heterocycles. The Morgan fingerprint density at radius 1 is 1.10 bits per heavy atom. The summed E-state index contributed by atoms with van der Waals surface area (Å²) in [5.74, 6) is 1.73. The van der Waals surface area contributed by atoms with Gasteiger partial charge in [0.15, 0.2) is 0 Å². The average Bonchev–Trinajstić information content (AvgIpc) is 3.27. The van der Waals surface area contributed by atoms with Crippen LogP contribution in [0.25, 0.3) is 11.5 Å². The highest BCUT2D eigenvalue weighted by Gasteiger charge is 2.13. The van der Waals surface area contributed by atoms with Crippen LogP contribution < -0.4 is 10.3 Å². The van der Waals surface area contributed by atoms with E-state index >= 15 is 0 Å². The highest BCUT2D eigenvalue weighted by Crippen LogP contribution is 2.22. The smallest absolute Gasteiger partial charge is 0.313 e. The molecule has 2 heterocycles. The van der Waals surface area contributed by atoms with Crippen LogP contribution in [0, 0.1) is 6.92 Å². The van der Waals surface area contributed by atoms with Crippen LogP contribution in [0.2, 0.25) is 0 Å². The number of aromatic nitrogens is 2. The number of rotatable bonds is 7. The number of nitrogens with zero attached hydrogens (tertiary/aromatic N) is 1. The van der Waals surface area contributed by atoms with Gasteiger partial charge in [-0.3, -0.25) is 4.79 Å². The molecule has 0 fully saturated rings. The van der Waals surface area contributed by atoms with E-state index < -0.39 is 5.56 Å². The van der Waals surface area contributed by atoms with Crippen molar-refractivity contribution in [1.29, 1.82) is 0 Å². The Hall–Kier alpha value is -3.74. The Balaban J connectivity index is 1.34. The van der Waals surface area contributed by atoms with Gasteiger partial charge in [0, 0.05) is 18.4 Å². The Morgan fingerprint density at radius 2 is 1.86 bits per heavy atom. The van der Waals surface area contributed by atoms with Crippen LogP contribution >= 0.6 is 0 Å². The summed E-state index contributed by atoms with van der Waals surface area (Å²) in [6.45, 7) is 2.36. The summed E-state index contributed by atoms with van der Waals surface area (Å²) >= 11 is 0. The first-order chi connectivity index (χ1) is 14.1. The molecule has 7 heteroatoms. The third-order valence-electron chi connectivity index (χ3n) is 4.60. The predicted octanol–water partition coefficient (Wildman–Crippen LogP) is 3.85. The van der Waals surface area contributed by atoms with Crippen molar-refractivity contribution in [2.45, 2.75) is 19.8 Å². The van der Waals surface area contributed by atoms with Gasteiger partial charge in [-0.1, -0.05) is 30.3 Å². The Morgan fingerprint density at radius 3 is 2.55 bits per heavy atom. The van der Waals surface area contributed by atoms with Crippen molar-refractivity contribution >= 4 is 0 Å². The van der Waals surface area contributed by atoms with Crippen LogP contribution in [0.15, 0.2) is 68.3 Å². The fourth-order valence-corrected chi connectivity index (χ4v) is 3.01. The number of hydrogen-bond donors (Lipinski definition) is 2. The minimum absolute atomic E-state index is 0.203. The third-order valence-corrected chi connectivity index (χ3v) is 4.60. The first kappa shape index (κ1) is 18.6. The zero-order valence-electron chi connectivity index (χ0n) is 15.8. The molecule has 0 aliphatic heterocycles. The molecule has 2 aromatic heterocycles. The third kappa shape index (κ3) is 4.24. The monoisotopic (exact) mass is 392 g/mol. The summed E-state index contributed by atoms with van der Waals surface area (Å²) in [4.78, 5) is 16.1. The maximum atomic E-state index is 11.6. The highest BCUT2D eigenvalue weighted by molar-refractivity contribution is 5.53. The van der Waals surface area contributed by atoms with Crippen LogP contribution in [0.4, 0.5) is 0 Å². The molecule has 4 aromatic rings. The molecular formula is C22H20N2O5. The van der Waals surface area contributed by atoms with Crippen molar-refractivity contribution in [2.24, 2.45) is 0 Å². The highest BCUT2D eigenvalue weighted by atomic mass is 16.6. The lowest BCUT2D eigenvalue weighted by Gasteiger charge is -2.06. The van der Waals surface area contributed by atoms with Gasteiger partial charge in [0.2, 0.25) is 5.89 Å². The van der Waals surface area contributed by atoms with E-state index in [4.69, 9.17) is 9.15 Å². The van der Waals surface area contributed by atoms with Gasteiger partial charge in [-0.2, -0.15) is 5.16 Å². The molecule has 29 heavy (non-hydrogen) atoms. The normalized spacial score (nSPS) is 10.9. The number of aromatic hydroxyl groups is 1. The maximum absolute atomic E-state index is 11.6. The van der Waals surface area contributed by atoms with E-state index in [1.165, 1.54) is 0 Å². The molecule has 0 bridgehead atoms. The summed E-state index contributed by atoms with van der Waals surface area (Å²) in [6.07, 6.45) is 0.903. The summed E-state index contributed by atoms with van der Waals surface area (Å²) in [7, 11) is 0. The standard InChI is InChI=1S/C22H20N2O5/c1-14-19(23-21(28-14)16-5-3-2-4-6-16)11-12-27-17-9-7-15(8-10-17)13-18-20(25)24-29-22(18)26/h2-10,26H,11-13H2,1H3,(H,24,25). The zero-order chi connectivity index (χ0) is 20.2. The molecule has 0 spiro atoms. The molecular weight excluding hydrogens is 372 g/mol. The zero-order valence-corrected chi connectivity index (χ0v) is 15.8. The van der Waals surface area contributed by atoms with Crippen molar-refractivity contribution in [3.8, 4) is 23.1 Å². The van der Waals surface area contributed by atoms with Crippen LogP contribution in [0.1, 0.15) is 22.6 Å². The van der Waals surface area contributed by atoms with Gasteiger partial charge < -0.3 is 18.8 Å². The molecule has 2 aromatic carbocycles.